The van der Waals surface area contributed by atoms with Crippen LogP contribution in [0.5, 0.6) is 0 Å². The lowest BCUT2D eigenvalue weighted by atomic mass is 9.76. The predicted octanol–water partition coefficient (Wildman–Crippen LogP) is 2.87. The van der Waals surface area contributed by atoms with Crippen molar-refractivity contribution in [2.24, 2.45) is 0 Å². The van der Waals surface area contributed by atoms with Crippen molar-refractivity contribution in [2.75, 3.05) is 0 Å². The first-order chi connectivity index (χ1) is 7.54. The summed E-state index contributed by atoms with van der Waals surface area (Å²) in [6.45, 7) is 6.84. The van der Waals surface area contributed by atoms with Crippen molar-refractivity contribution in [3.63, 3.8) is 0 Å². The normalized spacial score (nSPS) is 21.0. The Hall–Kier alpha value is -0.415. The Labute approximate surface area is 102 Å². The van der Waals surface area contributed by atoms with Gasteiger partial charge in [0.1, 0.15) is 0 Å². The van der Waals surface area contributed by atoms with Gasteiger partial charge < -0.3 is 9.76 Å². The molecule has 1 aliphatic rings. The summed E-state index contributed by atoms with van der Waals surface area (Å²) in [6, 6.07) is 0. The van der Waals surface area contributed by atoms with Gasteiger partial charge in [0.2, 0.25) is 0 Å². The second kappa shape index (κ2) is 4.69. The molecular formula is C12H20BF2O2. The van der Waals surface area contributed by atoms with E-state index in [0.29, 0.717) is 6.42 Å². The van der Waals surface area contributed by atoms with E-state index in [9.17, 15) is 13.9 Å². The van der Waals surface area contributed by atoms with Crippen LogP contribution in [0.15, 0.2) is 11.5 Å². The Morgan fingerprint density at radius 2 is 1.94 bits per heavy atom. The van der Waals surface area contributed by atoms with Crippen LogP contribution in [-0.4, -0.2) is 29.7 Å². The Bertz CT molecular complexity index is 306. The molecule has 0 amide bonds. The molecule has 0 aromatic rings. The fraction of sp³-hybridized carbons (Fsp3) is 0.833. The number of hydrogen-bond acceptors (Lipinski definition) is 2. The summed E-state index contributed by atoms with van der Waals surface area (Å²) in [4.78, 5) is 0. The van der Waals surface area contributed by atoms with Gasteiger partial charge in [-0.05, 0) is 34.1 Å². The number of allylic oxidation sites excluding steroid dienone is 2. The van der Waals surface area contributed by atoms with Gasteiger partial charge in [-0.3, -0.25) is 0 Å². The van der Waals surface area contributed by atoms with Crippen molar-refractivity contribution >= 4 is 7.48 Å². The van der Waals surface area contributed by atoms with Crippen LogP contribution >= 0.6 is 0 Å². The van der Waals surface area contributed by atoms with Crippen molar-refractivity contribution in [2.45, 2.75) is 64.1 Å². The van der Waals surface area contributed by atoms with Crippen LogP contribution in [0.25, 0.3) is 0 Å². The van der Waals surface area contributed by atoms with Gasteiger partial charge in [-0.2, -0.15) is 0 Å². The van der Waals surface area contributed by atoms with Gasteiger partial charge in [0.05, 0.1) is 11.2 Å². The SMILES string of the molecule is CC(C)(O)C(C)(C)O[B]C1=CCC(F)(F)CC1. The molecule has 0 atom stereocenters. The maximum Gasteiger partial charge on any atom is 0.326 e. The summed E-state index contributed by atoms with van der Waals surface area (Å²) in [5.41, 5.74) is -0.982. The third-order valence-electron chi connectivity index (χ3n) is 3.42. The average Bonchev–Trinajstić information content (AvgIpc) is 2.14. The molecule has 0 saturated heterocycles. The summed E-state index contributed by atoms with van der Waals surface area (Å²) < 4.78 is 31.3. The molecule has 1 aliphatic carbocycles. The van der Waals surface area contributed by atoms with E-state index < -0.39 is 17.1 Å². The Morgan fingerprint density at radius 1 is 1.35 bits per heavy atom. The quantitative estimate of drug-likeness (QED) is 0.771. The highest BCUT2D eigenvalue weighted by Gasteiger charge is 2.37. The van der Waals surface area contributed by atoms with Gasteiger partial charge in [-0.25, -0.2) is 8.78 Å². The Morgan fingerprint density at radius 3 is 2.35 bits per heavy atom. The van der Waals surface area contributed by atoms with Crippen LogP contribution in [0.2, 0.25) is 0 Å². The lowest BCUT2D eigenvalue weighted by Gasteiger charge is -2.38. The van der Waals surface area contributed by atoms with Gasteiger partial charge >= 0.3 is 7.48 Å². The molecule has 1 N–H and O–H groups in total. The third kappa shape index (κ3) is 4.07. The van der Waals surface area contributed by atoms with Crippen molar-refractivity contribution in [1.82, 2.24) is 0 Å². The molecule has 5 heteroatoms. The van der Waals surface area contributed by atoms with Crippen LogP contribution in [0.4, 0.5) is 8.78 Å². The summed E-state index contributed by atoms with van der Waals surface area (Å²) >= 11 is 0. The van der Waals surface area contributed by atoms with Crippen LogP contribution in [-0.2, 0) is 4.65 Å². The minimum absolute atomic E-state index is 0.137. The van der Waals surface area contributed by atoms with E-state index in [1.54, 1.807) is 27.7 Å². The van der Waals surface area contributed by atoms with Gasteiger partial charge in [-0.1, -0.05) is 11.5 Å². The van der Waals surface area contributed by atoms with Gasteiger partial charge in [0.25, 0.3) is 5.92 Å². The van der Waals surface area contributed by atoms with Crippen molar-refractivity contribution in [3.8, 4) is 0 Å². The second-order valence-corrected chi connectivity index (χ2v) is 5.64. The number of hydrogen-bond donors (Lipinski definition) is 1. The third-order valence-corrected chi connectivity index (χ3v) is 3.42. The van der Waals surface area contributed by atoms with Crippen LogP contribution in [0.1, 0.15) is 47.0 Å². The maximum atomic E-state index is 12.9. The topological polar surface area (TPSA) is 29.5 Å². The summed E-state index contributed by atoms with van der Waals surface area (Å²) in [6.07, 6.45) is 1.45. The second-order valence-electron chi connectivity index (χ2n) is 5.64. The van der Waals surface area contributed by atoms with Gasteiger partial charge in [0, 0.05) is 12.8 Å². The highest BCUT2D eigenvalue weighted by Crippen LogP contribution is 2.33. The number of halogens is 2. The van der Waals surface area contributed by atoms with Crippen molar-refractivity contribution in [1.29, 1.82) is 0 Å². The van der Waals surface area contributed by atoms with Crippen LogP contribution < -0.4 is 0 Å². The molecular weight excluding hydrogens is 225 g/mol. The van der Waals surface area contributed by atoms with E-state index in [4.69, 9.17) is 4.65 Å². The Balaban J connectivity index is 2.51. The fourth-order valence-electron chi connectivity index (χ4n) is 1.29. The van der Waals surface area contributed by atoms with E-state index in [1.165, 1.54) is 13.6 Å². The highest BCUT2D eigenvalue weighted by atomic mass is 19.3. The standard InChI is InChI=1S/C12H20BF2O2/c1-10(2,16)11(3,4)17-13-9-5-7-12(14,15)8-6-9/h5,16H,6-8H2,1-4H3. The minimum Gasteiger partial charge on any atom is -0.427 e. The van der Waals surface area contributed by atoms with E-state index >= 15 is 0 Å². The molecule has 0 spiro atoms. The molecule has 0 aliphatic heterocycles. The van der Waals surface area contributed by atoms with Crippen LogP contribution in [0, 0.1) is 0 Å². The average molecular weight is 245 g/mol. The zero-order valence-corrected chi connectivity index (χ0v) is 10.9. The molecule has 0 aromatic heterocycles. The molecule has 0 bridgehead atoms. The zero-order chi connectivity index (χ0) is 13.3. The van der Waals surface area contributed by atoms with E-state index in [-0.39, 0.29) is 12.8 Å². The van der Waals surface area contributed by atoms with Gasteiger partial charge in [-0.15, -0.1) is 0 Å². The first-order valence-electron chi connectivity index (χ1n) is 5.84. The summed E-state index contributed by atoms with van der Waals surface area (Å²) in [7, 11) is 1.49. The highest BCUT2D eigenvalue weighted by molar-refractivity contribution is 6.38. The molecule has 0 unspecified atom stereocenters. The molecule has 0 aromatic carbocycles. The first kappa shape index (κ1) is 14.6. The molecule has 2 nitrogen and oxygen atoms in total. The van der Waals surface area contributed by atoms with Crippen LogP contribution in [0.3, 0.4) is 0 Å². The molecule has 17 heavy (non-hydrogen) atoms. The van der Waals surface area contributed by atoms with E-state index in [1.807, 2.05) is 0 Å². The van der Waals surface area contributed by atoms with Crippen molar-refractivity contribution in [3.05, 3.63) is 11.5 Å². The number of rotatable bonds is 4. The number of alkyl halides is 2. The molecule has 0 fully saturated rings. The number of aliphatic hydroxyl groups is 1. The predicted molar refractivity (Wildman–Crippen MR) is 64.1 cm³/mol. The minimum atomic E-state index is -2.58. The summed E-state index contributed by atoms with van der Waals surface area (Å²) in [5.74, 6) is -2.58. The van der Waals surface area contributed by atoms with Gasteiger partial charge in [0.15, 0.2) is 0 Å². The zero-order valence-electron chi connectivity index (χ0n) is 10.9. The van der Waals surface area contributed by atoms with Crippen molar-refractivity contribution < 1.29 is 18.5 Å². The smallest absolute Gasteiger partial charge is 0.326 e. The molecule has 97 valence electrons. The molecule has 0 heterocycles. The fourth-order valence-corrected chi connectivity index (χ4v) is 1.29. The monoisotopic (exact) mass is 245 g/mol. The lowest BCUT2D eigenvalue weighted by molar-refractivity contribution is -0.0899. The Kier molecular flexibility index (Phi) is 4.04. The first-order valence-corrected chi connectivity index (χ1v) is 5.84. The largest absolute Gasteiger partial charge is 0.427 e. The lowest BCUT2D eigenvalue weighted by Crippen LogP contribution is -2.48. The molecule has 1 radical (unpaired) electrons. The summed E-state index contributed by atoms with van der Waals surface area (Å²) in [5, 5.41) is 9.87. The molecule has 1 rings (SSSR count). The van der Waals surface area contributed by atoms with E-state index in [0.717, 1.165) is 5.47 Å². The van der Waals surface area contributed by atoms with E-state index in [2.05, 4.69) is 0 Å². The molecule has 0 saturated carbocycles. The maximum absolute atomic E-state index is 12.9.